The lowest BCUT2D eigenvalue weighted by atomic mass is 9.80. The summed E-state index contributed by atoms with van der Waals surface area (Å²) in [6, 6.07) is 14.8. The highest BCUT2D eigenvalue weighted by Gasteiger charge is 2.51. The summed E-state index contributed by atoms with van der Waals surface area (Å²) < 4.78 is 28.6. The monoisotopic (exact) mass is 560 g/mol. The van der Waals surface area contributed by atoms with E-state index < -0.39 is 0 Å². The zero-order chi connectivity index (χ0) is 30.2. The van der Waals surface area contributed by atoms with Gasteiger partial charge in [0, 0.05) is 17.7 Å². The van der Waals surface area contributed by atoms with Crippen LogP contribution in [0, 0.1) is 0 Å². The Hall–Kier alpha value is -3.69. The number of hydrogen-bond donors (Lipinski definition) is 0. The first kappa shape index (κ1) is 31.8. The van der Waals surface area contributed by atoms with Crippen LogP contribution in [-0.4, -0.2) is 46.3 Å². The molecule has 0 spiro atoms. The molecular formula is C32H41BN2O6. The molecule has 41 heavy (non-hydrogen) atoms. The molecule has 1 aliphatic rings. The van der Waals surface area contributed by atoms with Crippen molar-refractivity contribution in [3.8, 4) is 23.3 Å². The molecule has 218 valence electrons. The van der Waals surface area contributed by atoms with Crippen LogP contribution in [0.2, 0.25) is 0 Å². The van der Waals surface area contributed by atoms with E-state index in [2.05, 4.69) is 9.97 Å². The van der Waals surface area contributed by atoms with Gasteiger partial charge in [-0.1, -0.05) is 24.3 Å². The zero-order valence-corrected chi connectivity index (χ0v) is 25.5. The molecule has 0 saturated carbocycles. The van der Waals surface area contributed by atoms with Gasteiger partial charge in [0.2, 0.25) is 11.8 Å². The standard InChI is InChI=1S/C18H19NO3.C14H22BNO3/c1-13(2)21-18-11-10-17(12-19-18)22-16-8-6-15(7-9-16)5-4-14(3)20;1-10(2)17-12-8-7-11(9-16-12)15-18-13(3,4)14(5,6)19-15/h4-13H,1-3H3;7-10H,1-6H3/b5-4+;. The molecule has 0 aliphatic carbocycles. The van der Waals surface area contributed by atoms with E-state index >= 15 is 0 Å². The molecule has 3 aromatic rings. The van der Waals surface area contributed by atoms with Gasteiger partial charge in [0.25, 0.3) is 0 Å². The summed E-state index contributed by atoms with van der Waals surface area (Å²) >= 11 is 0. The van der Waals surface area contributed by atoms with Gasteiger partial charge < -0.3 is 23.5 Å². The van der Waals surface area contributed by atoms with Gasteiger partial charge in [-0.3, -0.25) is 4.79 Å². The first-order valence-electron chi connectivity index (χ1n) is 13.8. The number of carbonyl (C=O) groups excluding carboxylic acids is 1. The topological polar surface area (TPSA) is 89.0 Å². The van der Waals surface area contributed by atoms with Crippen molar-refractivity contribution in [2.24, 2.45) is 0 Å². The van der Waals surface area contributed by atoms with Gasteiger partial charge in [0.15, 0.2) is 5.78 Å². The average molecular weight is 561 g/mol. The minimum atomic E-state index is -0.370. The predicted octanol–water partition coefficient (Wildman–Crippen LogP) is 6.43. The van der Waals surface area contributed by atoms with Gasteiger partial charge in [0.1, 0.15) is 11.5 Å². The fourth-order valence-corrected chi connectivity index (χ4v) is 3.56. The Bertz CT molecular complexity index is 1270. The molecular weight excluding hydrogens is 519 g/mol. The molecule has 2 aromatic heterocycles. The Morgan fingerprint density at radius 2 is 1.29 bits per heavy atom. The van der Waals surface area contributed by atoms with Gasteiger partial charge in [-0.05, 0) is 98.2 Å². The summed E-state index contributed by atoms with van der Waals surface area (Å²) in [6.07, 6.45) is 6.89. The summed E-state index contributed by atoms with van der Waals surface area (Å²) in [5.41, 5.74) is 1.20. The lowest BCUT2D eigenvalue weighted by Gasteiger charge is -2.32. The Balaban J connectivity index is 0.000000228. The quantitative estimate of drug-likeness (QED) is 0.219. The molecule has 0 bridgehead atoms. The number of ether oxygens (including phenoxy) is 3. The molecule has 0 amide bonds. The summed E-state index contributed by atoms with van der Waals surface area (Å²) in [6.45, 7) is 17.5. The van der Waals surface area contributed by atoms with Gasteiger partial charge in [-0.15, -0.1) is 0 Å². The number of hydrogen-bond acceptors (Lipinski definition) is 8. The molecule has 1 fully saturated rings. The van der Waals surface area contributed by atoms with E-state index in [0.29, 0.717) is 23.3 Å². The molecule has 0 N–H and O–H groups in total. The highest BCUT2D eigenvalue weighted by atomic mass is 16.7. The minimum Gasteiger partial charge on any atom is -0.475 e. The van der Waals surface area contributed by atoms with Crippen LogP contribution in [0.15, 0.2) is 67.0 Å². The van der Waals surface area contributed by atoms with Crippen molar-refractivity contribution in [2.75, 3.05) is 0 Å². The lowest BCUT2D eigenvalue weighted by Crippen LogP contribution is -2.41. The van der Waals surface area contributed by atoms with Crippen LogP contribution in [0.3, 0.4) is 0 Å². The van der Waals surface area contributed by atoms with Gasteiger partial charge in [-0.2, -0.15) is 0 Å². The fourth-order valence-electron chi connectivity index (χ4n) is 3.56. The van der Waals surface area contributed by atoms with E-state index in [1.165, 1.54) is 13.0 Å². The van der Waals surface area contributed by atoms with Gasteiger partial charge in [-0.25, -0.2) is 9.97 Å². The number of nitrogens with zero attached hydrogens (tertiary/aromatic N) is 2. The van der Waals surface area contributed by atoms with Crippen molar-refractivity contribution in [3.63, 3.8) is 0 Å². The van der Waals surface area contributed by atoms with E-state index in [1.54, 1.807) is 24.5 Å². The Kier molecular flexibility index (Phi) is 10.7. The Morgan fingerprint density at radius 1 is 0.780 bits per heavy atom. The third kappa shape index (κ3) is 9.72. The van der Waals surface area contributed by atoms with Crippen LogP contribution >= 0.6 is 0 Å². The first-order valence-corrected chi connectivity index (χ1v) is 13.8. The normalized spacial score (nSPS) is 15.5. The second-order valence-electron chi connectivity index (χ2n) is 11.3. The summed E-state index contributed by atoms with van der Waals surface area (Å²) in [4.78, 5) is 19.4. The number of aromatic nitrogens is 2. The van der Waals surface area contributed by atoms with E-state index in [-0.39, 0.29) is 36.3 Å². The third-order valence-electron chi connectivity index (χ3n) is 6.33. The van der Waals surface area contributed by atoms with Gasteiger partial charge in [0.05, 0.1) is 29.6 Å². The molecule has 1 aliphatic heterocycles. The molecule has 9 heteroatoms. The molecule has 0 radical (unpaired) electrons. The average Bonchev–Trinajstić information content (AvgIpc) is 3.11. The van der Waals surface area contributed by atoms with E-state index in [4.69, 9.17) is 23.5 Å². The smallest absolute Gasteiger partial charge is 0.475 e. The largest absolute Gasteiger partial charge is 0.496 e. The molecule has 1 saturated heterocycles. The minimum absolute atomic E-state index is 0.0232. The van der Waals surface area contributed by atoms with Crippen LogP contribution < -0.4 is 19.7 Å². The second kappa shape index (κ2) is 13.8. The number of pyridine rings is 2. The zero-order valence-electron chi connectivity index (χ0n) is 25.5. The molecule has 1 aromatic carbocycles. The maximum absolute atomic E-state index is 10.9. The van der Waals surface area contributed by atoms with Crippen molar-refractivity contribution in [2.45, 2.75) is 85.7 Å². The highest BCUT2D eigenvalue weighted by Crippen LogP contribution is 2.36. The SMILES string of the molecule is CC(=O)/C=C/c1ccc(Oc2ccc(OC(C)C)nc2)cc1.CC(C)Oc1ccc(B2OC(C)(C)C(C)(C)O2)cn1. The van der Waals surface area contributed by atoms with Crippen LogP contribution in [0.4, 0.5) is 0 Å². The first-order chi connectivity index (χ1) is 19.2. The third-order valence-corrected chi connectivity index (χ3v) is 6.33. The molecule has 0 unspecified atom stereocenters. The maximum atomic E-state index is 10.9. The van der Waals surface area contributed by atoms with Crippen molar-refractivity contribution >= 4 is 24.4 Å². The van der Waals surface area contributed by atoms with Gasteiger partial charge >= 0.3 is 7.12 Å². The van der Waals surface area contributed by atoms with Crippen molar-refractivity contribution in [3.05, 3.63) is 72.6 Å². The number of carbonyl (C=O) groups is 1. The van der Waals surface area contributed by atoms with E-state index in [1.807, 2.05) is 97.9 Å². The number of allylic oxidation sites excluding steroid dienone is 1. The van der Waals surface area contributed by atoms with Crippen LogP contribution in [-0.2, 0) is 14.1 Å². The van der Waals surface area contributed by atoms with Crippen LogP contribution in [0.1, 0.15) is 67.9 Å². The van der Waals surface area contributed by atoms with Crippen molar-refractivity contribution in [1.29, 1.82) is 0 Å². The second-order valence-corrected chi connectivity index (χ2v) is 11.3. The summed E-state index contributed by atoms with van der Waals surface area (Å²) in [7, 11) is -0.370. The molecule has 0 atom stereocenters. The lowest BCUT2D eigenvalue weighted by molar-refractivity contribution is -0.112. The number of ketones is 1. The summed E-state index contributed by atoms with van der Waals surface area (Å²) in [5.74, 6) is 2.57. The number of rotatable bonds is 9. The van der Waals surface area contributed by atoms with Crippen LogP contribution in [0.25, 0.3) is 6.08 Å². The Morgan fingerprint density at radius 3 is 1.73 bits per heavy atom. The summed E-state index contributed by atoms with van der Waals surface area (Å²) in [5, 5.41) is 0. The molecule has 4 rings (SSSR count). The fraction of sp³-hybridized carbons (Fsp3) is 0.406. The maximum Gasteiger partial charge on any atom is 0.496 e. The predicted molar refractivity (Wildman–Crippen MR) is 162 cm³/mol. The van der Waals surface area contributed by atoms with E-state index in [0.717, 1.165) is 11.0 Å². The van der Waals surface area contributed by atoms with Crippen molar-refractivity contribution < 1.29 is 28.3 Å². The molecule has 8 nitrogen and oxygen atoms in total. The number of benzene rings is 1. The van der Waals surface area contributed by atoms with Crippen LogP contribution in [0.5, 0.6) is 23.3 Å². The molecule has 3 heterocycles. The van der Waals surface area contributed by atoms with E-state index in [9.17, 15) is 4.79 Å². The van der Waals surface area contributed by atoms with Crippen molar-refractivity contribution in [1.82, 2.24) is 9.97 Å². The highest BCUT2D eigenvalue weighted by molar-refractivity contribution is 6.62. The Labute approximate surface area is 244 Å².